The van der Waals surface area contributed by atoms with Crippen LogP contribution >= 0.6 is 22.6 Å². The van der Waals surface area contributed by atoms with Crippen LogP contribution in [-0.4, -0.2) is 40.4 Å². The van der Waals surface area contributed by atoms with Gasteiger partial charge in [-0.05, 0) is 46.4 Å². The molecule has 1 amide bonds. The van der Waals surface area contributed by atoms with Crippen molar-refractivity contribution in [3.05, 3.63) is 26.8 Å². The average molecular weight is 416 g/mol. The van der Waals surface area contributed by atoms with Gasteiger partial charge in [-0.15, -0.1) is 0 Å². The van der Waals surface area contributed by atoms with Crippen molar-refractivity contribution in [3.63, 3.8) is 0 Å². The molecule has 0 saturated carbocycles. The minimum atomic E-state index is -0.440. The zero-order valence-corrected chi connectivity index (χ0v) is 14.8. The number of rotatable bonds is 7. The summed E-state index contributed by atoms with van der Waals surface area (Å²) >= 11 is 2.10. The predicted octanol–water partition coefficient (Wildman–Crippen LogP) is 1.98. The molecule has 1 aromatic carbocycles. The summed E-state index contributed by atoms with van der Waals surface area (Å²) in [5.74, 6) is 0.713. The van der Waals surface area contributed by atoms with Gasteiger partial charge in [0.25, 0.3) is 5.91 Å². The van der Waals surface area contributed by atoms with Gasteiger partial charge in [0.2, 0.25) is 0 Å². The van der Waals surface area contributed by atoms with Crippen LogP contribution in [0, 0.1) is 14.9 Å². The summed E-state index contributed by atoms with van der Waals surface area (Å²) in [5, 5.41) is 11.8. The highest BCUT2D eigenvalue weighted by atomic mass is 127. The van der Waals surface area contributed by atoms with E-state index in [1.54, 1.807) is 20.3 Å². The number of halogens is 1. The van der Waals surface area contributed by atoms with Crippen LogP contribution in [0.25, 0.3) is 6.08 Å². The van der Waals surface area contributed by atoms with Crippen molar-refractivity contribution in [3.8, 4) is 17.6 Å². The molecule has 6 nitrogen and oxygen atoms in total. The summed E-state index contributed by atoms with van der Waals surface area (Å²) in [5.41, 5.74) is 0.694. The fourth-order valence-electron chi connectivity index (χ4n) is 1.70. The standard InChI is InChI=1S/C15H17IN2O4/c1-20-5-4-18-15(19)11(9-17)6-10-7-12(16)14(22-3)13(8-10)21-2/h6-8H,4-5H2,1-3H3,(H,18,19)/b11-6+. The number of nitrogens with one attached hydrogen (secondary N) is 1. The maximum atomic E-state index is 11.9. The van der Waals surface area contributed by atoms with Gasteiger partial charge in [-0.2, -0.15) is 5.26 Å². The van der Waals surface area contributed by atoms with Crippen molar-refractivity contribution in [2.75, 3.05) is 34.5 Å². The van der Waals surface area contributed by atoms with Crippen molar-refractivity contribution >= 4 is 34.6 Å². The molecule has 0 radical (unpaired) electrons. The Bertz CT molecular complexity index is 608. The molecule has 0 spiro atoms. The molecule has 0 atom stereocenters. The molecular formula is C15H17IN2O4. The third-order valence-corrected chi connectivity index (χ3v) is 3.53. The first-order chi connectivity index (χ1) is 10.6. The lowest BCUT2D eigenvalue weighted by molar-refractivity contribution is -0.117. The molecule has 0 aromatic heterocycles. The number of carbonyl (C=O) groups excluding carboxylic acids is 1. The van der Waals surface area contributed by atoms with Crippen LogP contribution in [0.3, 0.4) is 0 Å². The van der Waals surface area contributed by atoms with E-state index >= 15 is 0 Å². The summed E-state index contributed by atoms with van der Waals surface area (Å²) in [6, 6.07) is 5.41. The van der Waals surface area contributed by atoms with E-state index in [4.69, 9.17) is 19.5 Å². The zero-order chi connectivity index (χ0) is 16.5. The van der Waals surface area contributed by atoms with Crippen molar-refractivity contribution in [1.82, 2.24) is 5.32 Å². The molecule has 118 valence electrons. The normalized spacial score (nSPS) is 10.8. The summed E-state index contributed by atoms with van der Waals surface area (Å²) < 4.78 is 16.2. The van der Waals surface area contributed by atoms with Crippen LogP contribution in [0.5, 0.6) is 11.5 Å². The fraction of sp³-hybridized carbons (Fsp3) is 0.333. The predicted molar refractivity (Wildman–Crippen MR) is 90.7 cm³/mol. The van der Waals surface area contributed by atoms with Gasteiger partial charge < -0.3 is 19.5 Å². The minimum Gasteiger partial charge on any atom is -0.493 e. The van der Waals surface area contributed by atoms with E-state index in [-0.39, 0.29) is 5.57 Å². The topological polar surface area (TPSA) is 80.6 Å². The van der Waals surface area contributed by atoms with E-state index in [2.05, 4.69) is 27.9 Å². The molecule has 0 saturated heterocycles. The summed E-state index contributed by atoms with van der Waals surface area (Å²) in [6.07, 6.45) is 1.51. The molecule has 1 rings (SSSR count). The number of amides is 1. The largest absolute Gasteiger partial charge is 0.493 e. The molecule has 0 bridgehead atoms. The Kier molecular flexibility index (Phi) is 7.70. The monoisotopic (exact) mass is 416 g/mol. The summed E-state index contributed by atoms with van der Waals surface area (Å²) in [6.45, 7) is 0.733. The van der Waals surface area contributed by atoms with E-state index in [1.807, 2.05) is 12.1 Å². The Hall–Kier alpha value is -1.79. The number of hydrogen-bond donors (Lipinski definition) is 1. The molecule has 7 heteroatoms. The Balaban J connectivity index is 3.06. The first-order valence-electron chi connectivity index (χ1n) is 6.37. The number of nitriles is 1. The molecule has 0 aliphatic rings. The molecule has 0 aliphatic carbocycles. The SMILES string of the molecule is COCCNC(=O)/C(C#N)=C/c1cc(I)c(OC)c(OC)c1. The van der Waals surface area contributed by atoms with E-state index in [0.717, 1.165) is 3.57 Å². The highest BCUT2D eigenvalue weighted by Gasteiger charge is 2.12. The van der Waals surface area contributed by atoms with Gasteiger partial charge in [0.1, 0.15) is 11.6 Å². The Labute approximate surface area is 143 Å². The van der Waals surface area contributed by atoms with Gasteiger partial charge >= 0.3 is 0 Å². The fourth-order valence-corrected chi connectivity index (χ4v) is 2.54. The van der Waals surface area contributed by atoms with Crippen LogP contribution < -0.4 is 14.8 Å². The maximum absolute atomic E-state index is 11.9. The van der Waals surface area contributed by atoms with Crippen molar-refractivity contribution in [1.29, 1.82) is 5.26 Å². The number of hydrogen-bond acceptors (Lipinski definition) is 5. The molecule has 0 unspecified atom stereocenters. The maximum Gasteiger partial charge on any atom is 0.262 e. The molecule has 0 heterocycles. The molecule has 22 heavy (non-hydrogen) atoms. The Morgan fingerprint density at radius 2 is 2.09 bits per heavy atom. The van der Waals surface area contributed by atoms with Gasteiger partial charge in [0.15, 0.2) is 11.5 Å². The van der Waals surface area contributed by atoms with E-state index in [9.17, 15) is 4.79 Å². The lowest BCUT2D eigenvalue weighted by atomic mass is 10.1. The van der Waals surface area contributed by atoms with Crippen molar-refractivity contribution < 1.29 is 19.0 Å². The minimum absolute atomic E-state index is 0.0131. The Morgan fingerprint density at radius 3 is 2.64 bits per heavy atom. The quantitative estimate of drug-likeness (QED) is 0.318. The smallest absolute Gasteiger partial charge is 0.262 e. The van der Waals surface area contributed by atoms with Crippen molar-refractivity contribution in [2.24, 2.45) is 0 Å². The van der Waals surface area contributed by atoms with E-state index in [1.165, 1.54) is 13.2 Å². The second-order valence-corrected chi connectivity index (χ2v) is 5.32. The number of methoxy groups -OCH3 is 3. The third kappa shape index (κ3) is 4.89. The van der Waals surface area contributed by atoms with Crippen LogP contribution in [-0.2, 0) is 9.53 Å². The number of carbonyl (C=O) groups is 1. The lowest BCUT2D eigenvalue weighted by Gasteiger charge is -2.10. The molecule has 1 aromatic rings. The zero-order valence-electron chi connectivity index (χ0n) is 12.6. The van der Waals surface area contributed by atoms with Gasteiger partial charge in [0, 0.05) is 13.7 Å². The highest BCUT2D eigenvalue weighted by Crippen LogP contribution is 2.34. The van der Waals surface area contributed by atoms with Gasteiger partial charge in [0.05, 0.1) is 24.4 Å². The number of nitrogens with zero attached hydrogens (tertiary/aromatic N) is 1. The summed E-state index contributed by atoms with van der Waals surface area (Å²) in [7, 11) is 4.63. The first-order valence-corrected chi connectivity index (χ1v) is 7.45. The second-order valence-electron chi connectivity index (χ2n) is 4.16. The number of benzene rings is 1. The van der Waals surface area contributed by atoms with Crippen LogP contribution in [0.15, 0.2) is 17.7 Å². The van der Waals surface area contributed by atoms with Gasteiger partial charge in [-0.3, -0.25) is 4.79 Å². The van der Waals surface area contributed by atoms with E-state index in [0.29, 0.717) is 30.2 Å². The summed E-state index contributed by atoms with van der Waals surface area (Å²) in [4.78, 5) is 11.9. The lowest BCUT2D eigenvalue weighted by Crippen LogP contribution is -2.27. The van der Waals surface area contributed by atoms with Crippen LogP contribution in [0.1, 0.15) is 5.56 Å². The van der Waals surface area contributed by atoms with Crippen molar-refractivity contribution in [2.45, 2.75) is 0 Å². The second kappa shape index (κ2) is 9.27. The Morgan fingerprint density at radius 1 is 1.36 bits per heavy atom. The first kappa shape index (κ1) is 18.3. The number of ether oxygens (including phenoxy) is 3. The van der Waals surface area contributed by atoms with Crippen LogP contribution in [0.2, 0.25) is 0 Å². The molecule has 0 aliphatic heterocycles. The molecule has 1 N–H and O–H groups in total. The van der Waals surface area contributed by atoms with Gasteiger partial charge in [-0.1, -0.05) is 0 Å². The highest BCUT2D eigenvalue weighted by molar-refractivity contribution is 14.1. The molecular weight excluding hydrogens is 399 g/mol. The third-order valence-electron chi connectivity index (χ3n) is 2.72. The molecule has 0 fully saturated rings. The van der Waals surface area contributed by atoms with E-state index < -0.39 is 5.91 Å². The average Bonchev–Trinajstić information content (AvgIpc) is 2.51. The van der Waals surface area contributed by atoms with Crippen LogP contribution in [0.4, 0.5) is 0 Å². The van der Waals surface area contributed by atoms with Gasteiger partial charge in [-0.25, -0.2) is 0 Å².